The monoisotopic (exact) mass is 438 g/mol. The van der Waals surface area contributed by atoms with Gasteiger partial charge in [0.25, 0.3) is 11.5 Å². The molecule has 0 fully saturated rings. The summed E-state index contributed by atoms with van der Waals surface area (Å²) < 4.78 is 35.8. The molecule has 2 heterocycles. The van der Waals surface area contributed by atoms with Gasteiger partial charge in [-0.2, -0.15) is 9.78 Å². The predicted molar refractivity (Wildman–Crippen MR) is 114 cm³/mol. The van der Waals surface area contributed by atoms with Crippen LogP contribution >= 0.6 is 0 Å². The van der Waals surface area contributed by atoms with Crippen LogP contribution in [0.25, 0.3) is 16.9 Å². The SMILES string of the molecule is COCCn1cc(C(=O)NCc2c(F)cccc2F)c2nn(-c3ccccc3)c(=O)c-2c1. The van der Waals surface area contributed by atoms with Crippen LogP contribution in [0.4, 0.5) is 8.78 Å². The summed E-state index contributed by atoms with van der Waals surface area (Å²) in [4.78, 5) is 26.0. The molecule has 2 aliphatic rings. The molecule has 0 spiro atoms. The van der Waals surface area contributed by atoms with E-state index in [1.165, 1.54) is 16.9 Å². The lowest BCUT2D eigenvalue weighted by Gasteiger charge is -2.13. The van der Waals surface area contributed by atoms with E-state index in [4.69, 9.17) is 4.74 Å². The zero-order valence-electron chi connectivity index (χ0n) is 17.2. The van der Waals surface area contributed by atoms with Crippen molar-refractivity contribution in [1.29, 1.82) is 0 Å². The van der Waals surface area contributed by atoms with Crippen molar-refractivity contribution in [2.75, 3.05) is 13.7 Å². The highest BCUT2D eigenvalue weighted by Crippen LogP contribution is 2.23. The number of halogens is 2. The Labute approximate surface area is 182 Å². The first-order valence-electron chi connectivity index (χ1n) is 9.88. The van der Waals surface area contributed by atoms with Crippen LogP contribution in [0.3, 0.4) is 0 Å². The zero-order valence-corrected chi connectivity index (χ0v) is 17.2. The van der Waals surface area contributed by atoms with Crippen LogP contribution < -0.4 is 10.9 Å². The first kappa shape index (κ1) is 21.4. The molecule has 9 heteroatoms. The average Bonchev–Trinajstić information content (AvgIpc) is 3.13. The minimum atomic E-state index is -0.756. The standard InChI is InChI=1S/C23H20F2N4O3/c1-32-11-10-28-13-17(22(30)26-12-16-19(24)8-5-9-20(16)25)21-18(14-28)23(31)29(27-21)15-6-3-2-4-7-15/h2-9,13-14H,10-12H2,1H3,(H,26,30). The molecule has 0 bridgehead atoms. The Morgan fingerprint density at radius 3 is 2.47 bits per heavy atom. The zero-order chi connectivity index (χ0) is 22.7. The van der Waals surface area contributed by atoms with Crippen molar-refractivity contribution in [3.63, 3.8) is 0 Å². The maximum atomic E-state index is 13.9. The van der Waals surface area contributed by atoms with Crippen molar-refractivity contribution in [3.05, 3.63) is 94.0 Å². The van der Waals surface area contributed by atoms with Crippen molar-refractivity contribution >= 4 is 5.91 Å². The largest absolute Gasteiger partial charge is 0.383 e. The second-order valence-corrected chi connectivity index (χ2v) is 7.10. The number of fused-ring (bicyclic) bond motifs is 1. The number of para-hydroxylation sites is 1. The van der Waals surface area contributed by atoms with Gasteiger partial charge in [-0.1, -0.05) is 24.3 Å². The van der Waals surface area contributed by atoms with Gasteiger partial charge in [-0.15, -0.1) is 0 Å². The van der Waals surface area contributed by atoms with Crippen molar-refractivity contribution < 1.29 is 18.3 Å². The van der Waals surface area contributed by atoms with Crippen molar-refractivity contribution in [2.24, 2.45) is 0 Å². The van der Waals surface area contributed by atoms with Crippen LogP contribution in [-0.2, 0) is 17.8 Å². The third-order valence-corrected chi connectivity index (χ3v) is 5.01. The molecular weight excluding hydrogens is 418 g/mol. The number of carbonyl (C=O) groups is 1. The average molecular weight is 438 g/mol. The topological polar surface area (TPSA) is 78.2 Å². The molecule has 0 saturated heterocycles. The number of carbonyl (C=O) groups excluding carboxylic acids is 1. The Balaban J connectivity index is 1.74. The van der Waals surface area contributed by atoms with E-state index in [-0.39, 0.29) is 34.5 Å². The van der Waals surface area contributed by atoms with Crippen LogP contribution in [-0.4, -0.2) is 34.0 Å². The fraction of sp³-hybridized carbons (Fsp3) is 0.174. The third kappa shape index (κ3) is 4.15. The number of hydrogen-bond donors (Lipinski definition) is 1. The molecule has 0 aromatic heterocycles. The van der Waals surface area contributed by atoms with Gasteiger partial charge in [-0.3, -0.25) is 9.59 Å². The Morgan fingerprint density at radius 1 is 1.06 bits per heavy atom. The molecule has 2 aliphatic heterocycles. The van der Waals surface area contributed by atoms with Crippen molar-refractivity contribution in [2.45, 2.75) is 13.1 Å². The van der Waals surface area contributed by atoms with Crippen LogP contribution in [0, 0.1) is 11.6 Å². The molecule has 0 atom stereocenters. The highest BCUT2D eigenvalue weighted by Gasteiger charge is 2.24. The second kappa shape index (κ2) is 9.11. The van der Waals surface area contributed by atoms with E-state index in [2.05, 4.69) is 10.4 Å². The summed E-state index contributed by atoms with van der Waals surface area (Å²) in [5, 5.41) is 6.89. The van der Waals surface area contributed by atoms with Gasteiger partial charge < -0.3 is 14.6 Å². The summed E-state index contributed by atoms with van der Waals surface area (Å²) in [5.74, 6) is -2.12. The number of ether oxygens (including phenoxy) is 1. The molecule has 0 radical (unpaired) electrons. The summed E-state index contributed by atoms with van der Waals surface area (Å²) in [6, 6.07) is 12.3. The Kier molecular flexibility index (Phi) is 6.09. The molecule has 0 unspecified atom stereocenters. The molecule has 0 aliphatic carbocycles. The normalized spacial score (nSPS) is 11.1. The number of nitrogens with zero attached hydrogens (tertiary/aromatic N) is 3. The maximum absolute atomic E-state index is 13.9. The van der Waals surface area contributed by atoms with E-state index >= 15 is 0 Å². The number of amides is 1. The summed E-state index contributed by atoms with van der Waals surface area (Å²) in [5.41, 5.74) is 0.472. The molecule has 1 N–H and O–H groups in total. The fourth-order valence-electron chi connectivity index (χ4n) is 3.36. The van der Waals surface area contributed by atoms with Gasteiger partial charge in [0.2, 0.25) is 0 Å². The number of hydrogen-bond acceptors (Lipinski definition) is 4. The van der Waals surface area contributed by atoms with Crippen LogP contribution in [0.5, 0.6) is 0 Å². The number of rotatable bonds is 7. The minimum Gasteiger partial charge on any atom is -0.383 e. The van der Waals surface area contributed by atoms with Crippen LogP contribution in [0.15, 0.2) is 65.7 Å². The van der Waals surface area contributed by atoms with E-state index < -0.39 is 17.5 Å². The van der Waals surface area contributed by atoms with E-state index in [0.29, 0.717) is 18.8 Å². The van der Waals surface area contributed by atoms with Gasteiger partial charge in [0.1, 0.15) is 17.3 Å². The first-order valence-corrected chi connectivity index (χ1v) is 9.88. The lowest BCUT2D eigenvalue weighted by molar-refractivity contribution is 0.0949. The van der Waals surface area contributed by atoms with Crippen molar-refractivity contribution in [3.8, 4) is 16.9 Å². The number of nitrogens with one attached hydrogen (secondary N) is 1. The summed E-state index contributed by atoms with van der Waals surface area (Å²) >= 11 is 0. The van der Waals surface area contributed by atoms with Gasteiger partial charge in [0.05, 0.1) is 23.4 Å². The second-order valence-electron chi connectivity index (χ2n) is 7.10. The number of pyridine rings is 1. The van der Waals surface area contributed by atoms with Gasteiger partial charge in [0, 0.05) is 38.2 Å². The molecule has 1 amide bonds. The molecule has 2 aromatic carbocycles. The molecule has 2 aromatic rings. The van der Waals surface area contributed by atoms with Gasteiger partial charge >= 0.3 is 0 Å². The molecule has 4 rings (SSSR count). The van der Waals surface area contributed by atoms with E-state index in [1.54, 1.807) is 42.1 Å². The van der Waals surface area contributed by atoms with Crippen LogP contribution in [0.2, 0.25) is 0 Å². The molecule has 7 nitrogen and oxygen atoms in total. The predicted octanol–water partition coefficient (Wildman–Crippen LogP) is 2.99. The van der Waals surface area contributed by atoms with Crippen molar-refractivity contribution in [1.82, 2.24) is 19.7 Å². The quantitative estimate of drug-likeness (QED) is 0.481. The number of benzene rings is 2. The summed E-state index contributed by atoms with van der Waals surface area (Å²) in [6.07, 6.45) is 3.15. The highest BCUT2D eigenvalue weighted by atomic mass is 19.1. The third-order valence-electron chi connectivity index (χ3n) is 5.01. The lowest BCUT2D eigenvalue weighted by Crippen LogP contribution is -2.26. The smallest absolute Gasteiger partial charge is 0.282 e. The van der Waals surface area contributed by atoms with E-state index in [9.17, 15) is 18.4 Å². The summed E-state index contributed by atoms with van der Waals surface area (Å²) in [6.45, 7) is 0.402. The molecular formula is C23H20F2N4O3. The maximum Gasteiger partial charge on any atom is 0.282 e. The Morgan fingerprint density at radius 2 is 1.78 bits per heavy atom. The van der Waals surface area contributed by atoms with Gasteiger partial charge in [-0.25, -0.2) is 8.78 Å². The van der Waals surface area contributed by atoms with E-state index in [1.807, 2.05) is 6.07 Å². The first-order chi connectivity index (χ1) is 15.5. The summed E-state index contributed by atoms with van der Waals surface area (Å²) in [7, 11) is 1.54. The van der Waals surface area contributed by atoms with E-state index in [0.717, 1.165) is 12.1 Å². The minimum absolute atomic E-state index is 0.113. The highest BCUT2D eigenvalue weighted by molar-refractivity contribution is 5.99. The fourth-order valence-corrected chi connectivity index (χ4v) is 3.36. The molecule has 0 saturated carbocycles. The van der Waals surface area contributed by atoms with Gasteiger partial charge in [0.15, 0.2) is 0 Å². The lowest BCUT2D eigenvalue weighted by atomic mass is 10.1. The molecule has 164 valence electrons. The van der Waals surface area contributed by atoms with Gasteiger partial charge in [-0.05, 0) is 24.3 Å². The van der Waals surface area contributed by atoms with Crippen LogP contribution in [0.1, 0.15) is 15.9 Å². The molecule has 32 heavy (non-hydrogen) atoms. The Hall–Kier alpha value is -3.85. The number of methoxy groups -OCH3 is 1. The Bertz CT molecular complexity index is 1260. The number of aromatic nitrogens is 3.